The molecule has 2 atom stereocenters. The van der Waals surface area contributed by atoms with Crippen LogP contribution in [0.15, 0.2) is 12.2 Å². The first-order valence-corrected chi connectivity index (χ1v) is 6.24. The Hall–Kier alpha value is -3.52. The number of carboxylic acids is 6. The number of nitrogens with two attached hydrogens (primary N) is 2. The van der Waals surface area contributed by atoms with Gasteiger partial charge in [0.2, 0.25) is 0 Å². The van der Waals surface area contributed by atoms with E-state index in [4.69, 9.17) is 42.1 Å². The van der Waals surface area contributed by atoms with Crippen molar-refractivity contribution < 1.29 is 59.4 Å². The fourth-order valence-electron chi connectivity index (χ4n) is 0.693. The van der Waals surface area contributed by atoms with Crippen LogP contribution >= 0.6 is 0 Å². The molecular weight excluding hydrogens is 364 g/mol. The van der Waals surface area contributed by atoms with E-state index in [9.17, 15) is 28.8 Å². The zero-order chi connectivity index (χ0) is 21.4. The summed E-state index contributed by atoms with van der Waals surface area (Å²) in [7, 11) is 0. The zero-order valence-electron chi connectivity index (χ0n) is 13.0. The largest absolute Gasteiger partial charge is 0.481 e. The van der Waals surface area contributed by atoms with Crippen LogP contribution in [0.3, 0.4) is 0 Å². The summed E-state index contributed by atoms with van der Waals surface area (Å²) in [4.78, 5) is 58.3. The molecule has 0 unspecified atom stereocenters. The van der Waals surface area contributed by atoms with Gasteiger partial charge in [0.05, 0.1) is 12.8 Å². The van der Waals surface area contributed by atoms with Gasteiger partial charge in [0.25, 0.3) is 0 Å². The highest BCUT2D eigenvalue weighted by Crippen LogP contribution is 1.86. The van der Waals surface area contributed by atoms with E-state index < -0.39 is 60.7 Å². The summed E-state index contributed by atoms with van der Waals surface area (Å²) < 4.78 is 0. The Morgan fingerprint density at radius 1 is 0.615 bits per heavy atom. The van der Waals surface area contributed by atoms with Crippen LogP contribution in [0.2, 0.25) is 0 Å². The highest BCUT2D eigenvalue weighted by Gasteiger charge is 2.15. The average molecular weight is 382 g/mol. The SMILES string of the molecule is N[C@@H](CC(=O)O)C(=O)O.N[C@@H](CC(=O)O)C(=O)O.O=C(O)/C=C/C(=O)O. The fourth-order valence-corrected chi connectivity index (χ4v) is 0.693. The van der Waals surface area contributed by atoms with E-state index in [1.165, 1.54) is 0 Å². The molecule has 0 spiro atoms. The van der Waals surface area contributed by atoms with Gasteiger partial charge in [-0.05, 0) is 0 Å². The lowest BCUT2D eigenvalue weighted by molar-refractivity contribution is -0.144. The molecule has 0 fully saturated rings. The number of rotatable bonds is 8. The van der Waals surface area contributed by atoms with Crippen LogP contribution in [-0.2, 0) is 28.8 Å². The van der Waals surface area contributed by atoms with Crippen LogP contribution in [0.4, 0.5) is 0 Å². The molecule has 0 aliphatic heterocycles. The van der Waals surface area contributed by atoms with Gasteiger partial charge in [-0.15, -0.1) is 0 Å². The van der Waals surface area contributed by atoms with Crippen LogP contribution in [0.5, 0.6) is 0 Å². The van der Waals surface area contributed by atoms with Crippen LogP contribution in [0, 0.1) is 0 Å². The van der Waals surface area contributed by atoms with Crippen LogP contribution in [-0.4, -0.2) is 78.5 Å². The van der Waals surface area contributed by atoms with Gasteiger partial charge in [0.15, 0.2) is 0 Å². The molecule has 0 saturated carbocycles. The third-order valence-electron chi connectivity index (χ3n) is 1.79. The molecule has 0 radical (unpaired) electrons. The quantitative estimate of drug-likeness (QED) is 0.201. The van der Waals surface area contributed by atoms with Gasteiger partial charge in [-0.25, -0.2) is 9.59 Å². The highest BCUT2D eigenvalue weighted by molar-refractivity contribution is 5.89. The summed E-state index contributed by atoms with van der Waals surface area (Å²) in [5.74, 6) is -7.51. The minimum absolute atomic E-state index is 0.532. The summed E-state index contributed by atoms with van der Waals surface area (Å²) in [6.45, 7) is 0. The Balaban J connectivity index is -0.000000306. The maximum absolute atomic E-state index is 9.85. The number of carbonyl (C=O) groups is 6. The monoisotopic (exact) mass is 382 g/mol. The number of aliphatic carboxylic acids is 6. The van der Waals surface area contributed by atoms with Crippen molar-refractivity contribution in [3.05, 3.63) is 12.2 Å². The summed E-state index contributed by atoms with van der Waals surface area (Å²) in [6, 6.07) is -2.58. The van der Waals surface area contributed by atoms with Crippen LogP contribution in [0.1, 0.15) is 12.8 Å². The molecule has 0 aromatic rings. The molecular formula is C12H18N2O12. The standard InChI is InChI=1S/2C4H7NO4.C4H4O4/c2*5-2(4(8)9)1-3(6)7;5-3(6)1-2-4(7)8/h2*2H,1,5H2,(H,6,7)(H,8,9);1-2H,(H,5,6)(H,7,8)/b;;2-1+/t2*2-;/m00./s1. The smallest absolute Gasteiger partial charge is 0.328 e. The van der Waals surface area contributed by atoms with E-state index >= 15 is 0 Å². The predicted molar refractivity (Wildman–Crippen MR) is 80.1 cm³/mol. The van der Waals surface area contributed by atoms with Crippen molar-refractivity contribution in [2.45, 2.75) is 24.9 Å². The van der Waals surface area contributed by atoms with Crippen molar-refractivity contribution in [3.63, 3.8) is 0 Å². The Kier molecular flexibility index (Phi) is 15.8. The molecule has 10 N–H and O–H groups in total. The Morgan fingerprint density at radius 3 is 0.923 bits per heavy atom. The van der Waals surface area contributed by atoms with Gasteiger partial charge >= 0.3 is 35.8 Å². The maximum Gasteiger partial charge on any atom is 0.328 e. The first-order chi connectivity index (χ1) is 11.7. The third-order valence-corrected chi connectivity index (χ3v) is 1.79. The van der Waals surface area contributed by atoms with Crippen molar-refractivity contribution in [1.82, 2.24) is 0 Å². The molecule has 0 amide bonds. The van der Waals surface area contributed by atoms with Crippen molar-refractivity contribution in [2.75, 3.05) is 0 Å². The molecule has 0 bridgehead atoms. The minimum Gasteiger partial charge on any atom is -0.481 e. The van der Waals surface area contributed by atoms with Crippen molar-refractivity contribution in [2.24, 2.45) is 11.5 Å². The number of hydrogen-bond acceptors (Lipinski definition) is 8. The fraction of sp³-hybridized carbons (Fsp3) is 0.333. The van der Waals surface area contributed by atoms with Crippen molar-refractivity contribution >= 4 is 35.8 Å². The topological polar surface area (TPSA) is 276 Å². The molecule has 148 valence electrons. The predicted octanol–water partition coefficient (Wildman–Crippen LogP) is -2.54. The summed E-state index contributed by atoms with van der Waals surface area (Å²) in [5.41, 5.74) is 9.67. The van der Waals surface area contributed by atoms with Gasteiger partial charge in [0, 0.05) is 12.2 Å². The first-order valence-electron chi connectivity index (χ1n) is 6.24. The normalized spacial score (nSPS) is 11.6. The molecule has 14 nitrogen and oxygen atoms in total. The van der Waals surface area contributed by atoms with Crippen LogP contribution in [0.25, 0.3) is 0 Å². The van der Waals surface area contributed by atoms with Crippen molar-refractivity contribution in [3.8, 4) is 0 Å². The second-order valence-corrected chi connectivity index (χ2v) is 4.09. The molecule has 26 heavy (non-hydrogen) atoms. The van der Waals surface area contributed by atoms with Crippen LogP contribution < -0.4 is 11.5 Å². The number of hydrogen-bond donors (Lipinski definition) is 8. The minimum atomic E-state index is -1.29. The molecule has 0 aliphatic carbocycles. The summed E-state index contributed by atoms with van der Waals surface area (Å²) in [5, 5.41) is 47.7. The lowest BCUT2D eigenvalue weighted by atomic mass is 10.2. The molecule has 0 aromatic carbocycles. The Morgan fingerprint density at radius 2 is 0.846 bits per heavy atom. The summed E-state index contributed by atoms with van der Waals surface area (Å²) in [6.07, 6.45) is 0.0509. The average Bonchev–Trinajstić information content (AvgIpc) is 2.44. The van der Waals surface area contributed by atoms with E-state index in [1.54, 1.807) is 0 Å². The Bertz CT molecular complexity index is 508. The summed E-state index contributed by atoms with van der Waals surface area (Å²) >= 11 is 0. The molecule has 14 heteroatoms. The third kappa shape index (κ3) is 25.4. The molecule has 0 heterocycles. The molecule has 0 saturated heterocycles. The van der Waals surface area contributed by atoms with E-state index in [0.29, 0.717) is 12.2 Å². The second-order valence-electron chi connectivity index (χ2n) is 4.09. The molecule has 0 aromatic heterocycles. The van der Waals surface area contributed by atoms with Crippen molar-refractivity contribution in [1.29, 1.82) is 0 Å². The van der Waals surface area contributed by atoms with Gasteiger partial charge in [-0.3, -0.25) is 19.2 Å². The lowest BCUT2D eigenvalue weighted by Gasteiger charge is -1.99. The van der Waals surface area contributed by atoms with E-state index in [0.717, 1.165) is 0 Å². The van der Waals surface area contributed by atoms with Gasteiger partial charge in [0.1, 0.15) is 12.1 Å². The van der Waals surface area contributed by atoms with Gasteiger partial charge < -0.3 is 42.1 Å². The first kappa shape index (κ1) is 27.3. The second kappa shape index (κ2) is 15.0. The zero-order valence-corrected chi connectivity index (χ0v) is 13.0. The van der Waals surface area contributed by atoms with E-state index in [1.807, 2.05) is 0 Å². The van der Waals surface area contributed by atoms with Gasteiger partial charge in [-0.2, -0.15) is 0 Å². The molecule has 0 rings (SSSR count). The number of carboxylic acid groups (broad SMARTS) is 6. The Labute approximate surface area is 144 Å². The lowest BCUT2D eigenvalue weighted by Crippen LogP contribution is -2.32. The highest BCUT2D eigenvalue weighted by atomic mass is 16.4. The van der Waals surface area contributed by atoms with Gasteiger partial charge in [-0.1, -0.05) is 0 Å². The van der Waals surface area contributed by atoms with E-state index in [2.05, 4.69) is 0 Å². The van der Waals surface area contributed by atoms with E-state index in [-0.39, 0.29) is 0 Å². The molecule has 0 aliphatic rings. The maximum atomic E-state index is 9.85.